The summed E-state index contributed by atoms with van der Waals surface area (Å²) in [7, 11) is 2.19. The number of phenolic OH excluding ortho intramolecular Hbond substituents is 1. The van der Waals surface area contributed by atoms with E-state index in [4.69, 9.17) is 0 Å². The highest BCUT2D eigenvalue weighted by Crippen LogP contribution is 2.39. The van der Waals surface area contributed by atoms with Crippen LogP contribution in [0, 0.1) is 11.7 Å². The van der Waals surface area contributed by atoms with Crippen LogP contribution in [0.25, 0.3) is 0 Å². The zero-order valence-electron chi connectivity index (χ0n) is 17.5. The molecule has 2 fully saturated rings. The van der Waals surface area contributed by atoms with E-state index in [0.717, 1.165) is 36.3 Å². The zero-order chi connectivity index (χ0) is 20.3. The predicted molar refractivity (Wildman–Crippen MR) is 115 cm³/mol. The molecule has 156 valence electrons. The molecule has 1 aliphatic heterocycles. The number of hydrogen-bond donors (Lipinski definition) is 2. The number of nitrogens with one attached hydrogen (secondary N) is 1. The van der Waals surface area contributed by atoms with Crippen LogP contribution in [0.2, 0.25) is 0 Å². The van der Waals surface area contributed by atoms with Crippen LogP contribution in [-0.2, 0) is 18.5 Å². The summed E-state index contributed by atoms with van der Waals surface area (Å²) in [5.74, 6) is 0.898. The second kappa shape index (κ2) is 8.85. The molecule has 4 heteroatoms. The Labute approximate surface area is 173 Å². The largest absolute Gasteiger partial charge is 0.508 e. The molecule has 2 aromatic carbocycles. The van der Waals surface area contributed by atoms with Gasteiger partial charge >= 0.3 is 0 Å². The average Bonchev–Trinajstić information content (AvgIpc) is 3.21. The third-order valence-electron chi connectivity index (χ3n) is 6.98. The van der Waals surface area contributed by atoms with Crippen molar-refractivity contribution >= 4 is 0 Å². The van der Waals surface area contributed by atoms with E-state index in [0.29, 0.717) is 12.3 Å². The van der Waals surface area contributed by atoms with Crippen molar-refractivity contribution in [3.05, 3.63) is 65.0 Å². The predicted octanol–water partition coefficient (Wildman–Crippen LogP) is 4.97. The number of benzene rings is 2. The Kier molecular flexibility index (Phi) is 6.21. The fourth-order valence-corrected chi connectivity index (χ4v) is 5.09. The molecule has 0 aromatic heterocycles. The van der Waals surface area contributed by atoms with Gasteiger partial charge in [0, 0.05) is 17.6 Å². The van der Waals surface area contributed by atoms with E-state index in [9.17, 15) is 9.50 Å². The van der Waals surface area contributed by atoms with Gasteiger partial charge in [0.1, 0.15) is 11.6 Å². The van der Waals surface area contributed by atoms with Gasteiger partial charge in [0.2, 0.25) is 0 Å². The van der Waals surface area contributed by atoms with E-state index in [1.807, 2.05) is 18.2 Å². The highest BCUT2D eigenvalue weighted by Gasteiger charge is 2.35. The van der Waals surface area contributed by atoms with Gasteiger partial charge in [-0.3, -0.25) is 0 Å². The van der Waals surface area contributed by atoms with Gasteiger partial charge in [-0.05, 0) is 87.5 Å². The lowest BCUT2D eigenvalue weighted by Gasteiger charge is -2.32. The molecule has 1 heterocycles. The number of likely N-dealkylation sites (tertiary alicyclic amines) is 1. The molecule has 0 atom stereocenters. The standard InChI is InChI=1S/C25H33FN2O/c1-28-14-10-19(11-15-28)16-20-4-9-24(29)21(17-20)18-27-25(12-2-3-13-25)22-5-7-23(26)8-6-22/h4-9,17,19,27,29H,2-3,10-16,18H2,1H3. The zero-order valence-corrected chi connectivity index (χ0v) is 17.5. The molecule has 1 saturated heterocycles. The summed E-state index contributed by atoms with van der Waals surface area (Å²) in [6.45, 7) is 2.99. The lowest BCUT2D eigenvalue weighted by molar-refractivity contribution is 0.219. The molecule has 0 unspecified atom stereocenters. The fourth-order valence-electron chi connectivity index (χ4n) is 5.09. The van der Waals surface area contributed by atoms with Gasteiger partial charge in [-0.1, -0.05) is 37.1 Å². The maximum absolute atomic E-state index is 13.4. The molecule has 4 rings (SSSR count). The van der Waals surface area contributed by atoms with E-state index in [2.05, 4.69) is 29.4 Å². The lowest BCUT2D eigenvalue weighted by Crippen LogP contribution is -2.39. The van der Waals surface area contributed by atoms with Crippen LogP contribution >= 0.6 is 0 Å². The fraction of sp³-hybridized carbons (Fsp3) is 0.520. The number of rotatable bonds is 6. The molecule has 0 radical (unpaired) electrons. The van der Waals surface area contributed by atoms with Crippen molar-refractivity contribution in [2.24, 2.45) is 5.92 Å². The molecule has 29 heavy (non-hydrogen) atoms. The number of halogens is 1. The third-order valence-corrected chi connectivity index (χ3v) is 6.98. The van der Waals surface area contributed by atoms with E-state index in [1.165, 1.54) is 44.3 Å². The van der Waals surface area contributed by atoms with Crippen molar-refractivity contribution in [1.29, 1.82) is 0 Å². The van der Waals surface area contributed by atoms with Gasteiger partial charge in [0.15, 0.2) is 0 Å². The molecule has 1 aliphatic carbocycles. The van der Waals surface area contributed by atoms with Gasteiger partial charge in [0.05, 0.1) is 0 Å². The van der Waals surface area contributed by atoms with Gasteiger partial charge in [-0.25, -0.2) is 4.39 Å². The number of phenols is 1. The summed E-state index contributed by atoms with van der Waals surface area (Å²) < 4.78 is 13.4. The normalized spacial score (nSPS) is 20.2. The molecule has 0 bridgehead atoms. The molecule has 2 aromatic rings. The first-order valence-electron chi connectivity index (χ1n) is 11.0. The maximum atomic E-state index is 13.4. The summed E-state index contributed by atoms with van der Waals surface area (Å²) in [5.41, 5.74) is 3.31. The smallest absolute Gasteiger partial charge is 0.123 e. The Morgan fingerprint density at radius 1 is 1.07 bits per heavy atom. The first kappa shape index (κ1) is 20.4. The number of hydrogen-bond acceptors (Lipinski definition) is 3. The van der Waals surface area contributed by atoms with Crippen LogP contribution in [0.5, 0.6) is 5.75 Å². The Morgan fingerprint density at radius 3 is 2.45 bits per heavy atom. The molecular weight excluding hydrogens is 363 g/mol. The average molecular weight is 397 g/mol. The van der Waals surface area contributed by atoms with Gasteiger partial charge in [-0.15, -0.1) is 0 Å². The molecule has 0 spiro atoms. The molecular formula is C25H33FN2O. The number of aromatic hydroxyl groups is 1. The summed E-state index contributed by atoms with van der Waals surface area (Å²) in [6.07, 6.45) is 8.03. The van der Waals surface area contributed by atoms with Crippen molar-refractivity contribution in [2.75, 3.05) is 20.1 Å². The van der Waals surface area contributed by atoms with E-state index >= 15 is 0 Å². The highest BCUT2D eigenvalue weighted by atomic mass is 19.1. The molecule has 2 N–H and O–H groups in total. The maximum Gasteiger partial charge on any atom is 0.123 e. The SMILES string of the molecule is CN1CCC(Cc2ccc(O)c(CNC3(c4ccc(F)cc4)CCCC3)c2)CC1. The van der Waals surface area contributed by atoms with Crippen molar-refractivity contribution in [3.8, 4) is 5.75 Å². The summed E-state index contributed by atoms with van der Waals surface area (Å²) in [4.78, 5) is 2.40. The summed E-state index contributed by atoms with van der Waals surface area (Å²) in [5, 5.41) is 14.2. The minimum Gasteiger partial charge on any atom is -0.508 e. The van der Waals surface area contributed by atoms with Gasteiger partial charge < -0.3 is 15.3 Å². The number of piperidine rings is 1. The second-order valence-electron chi connectivity index (χ2n) is 9.06. The lowest BCUT2D eigenvalue weighted by atomic mass is 9.87. The van der Waals surface area contributed by atoms with Crippen LogP contribution in [0.15, 0.2) is 42.5 Å². The second-order valence-corrected chi connectivity index (χ2v) is 9.06. The quantitative estimate of drug-likeness (QED) is 0.723. The van der Waals surface area contributed by atoms with Crippen LogP contribution in [0.3, 0.4) is 0 Å². The van der Waals surface area contributed by atoms with E-state index in [-0.39, 0.29) is 11.4 Å². The molecule has 2 aliphatic rings. The van der Waals surface area contributed by atoms with Crippen LogP contribution in [0.4, 0.5) is 4.39 Å². The van der Waals surface area contributed by atoms with Gasteiger partial charge in [0.25, 0.3) is 0 Å². The highest BCUT2D eigenvalue weighted by molar-refractivity contribution is 5.37. The Bertz CT molecular complexity index is 806. The Morgan fingerprint density at radius 2 is 1.76 bits per heavy atom. The van der Waals surface area contributed by atoms with Crippen molar-refractivity contribution in [1.82, 2.24) is 10.2 Å². The minimum absolute atomic E-state index is 0.121. The topological polar surface area (TPSA) is 35.5 Å². The van der Waals surface area contributed by atoms with Crippen molar-refractivity contribution < 1.29 is 9.50 Å². The van der Waals surface area contributed by atoms with Crippen molar-refractivity contribution in [2.45, 2.75) is 57.0 Å². The van der Waals surface area contributed by atoms with Gasteiger partial charge in [-0.2, -0.15) is 0 Å². The molecule has 3 nitrogen and oxygen atoms in total. The molecule has 1 saturated carbocycles. The summed E-state index contributed by atoms with van der Waals surface area (Å²) in [6, 6.07) is 13.0. The monoisotopic (exact) mass is 396 g/mol. The Balaban J connectivity index is 1.46. The minimum atomic E-state index is -0.193. The van der Waals surface area contributed by atoms with Crippen LogP contribution in [0.1, 0.15) is 55.2 Å². The summed E-state index contributed by atoms with van der Waals surface area (Å²) >= 11 is 0. The Hall–Kier alpha value is -1.91. The van der Waals surface area contributed by atoms with E-state index in [1.54, 1.807) is 12.1 Å². The number of nitrogens with zero attached hydrogens (tertiary/aromatic N) is 1. The van der Waals surface area contributed by atoms with E-state index < -0.39 is 0 Å². The van der Waals surface area contributed by atoms with Crippen LogP contribution < -0.4 is 5.32 Å². The molecule has 0 amide bonds. The third kappa shape index (κ3) is 4.81. The van der Waals surface area contributed by atoms with Crippen molar-refractivity contribution in [3.63, 3.8) is 0 Å². The first-order valence-corrected chi connectivity index (χ1v) is 11.0. The first-order chi connectivity index (χ1) is 14.0. The van der Waals surface area contributed by atoms with Crippen LogP contribution in [-0.4, -0.2) is 30.1 Å².